The number of hydrogen-bond acceptors (Lipinski definition) is 8. The minimum absolute atomic E-state index is 0.0179. The molecule has 1 saturated heterocycles. The highest BCUT2D eigenvalue weighted by Gasteiger charge is 2.47. The average Bonchev–Trinajstić information content (AvgIpc) is 3.47. The normalized spacial score (nSPS) is 20.5. The van der Waals surface area contributed by atoms with Gasteiger partial charge >= 0.3 is 6.09 Å². The van der Waals surface area contributed by atoms with E-state index in [2.05, 4.69) is 27.0 Å². The molecule has 2 aliphatic carbocycles. The van der Waals surface area contributed by atoms with Crippen LogP contribution in [0.3, 0.4) is 0 Å². The summed E-state index contributed by atoms with van der Waals surface area (Å²) in [7, 11) is 4.93. The summed E-state index contributed by atoms with van der Waals surface area (Å²) in [5.74, 6) is 2.69. The van der Waals surface area contributed by atoms with Crippen molar-refractivity contribution in [3.05, 3.63) is 54.2 Å². The van der Waals surface area contributed by atoms with Crippen molar-refractivity contribution in [2.45, 2.75) is 44.3 Å². The lowest BCUT2D eigenvalue weighted by Gasteiger charge is -2.27. The number of methoxy groups -OCH3 is 2. The maximum absolute atomic E-state index is 13.7. The van der Waals surface area contributed by atoms with E-state index < -0.39 is 6.09 Å². The number of ether oxygens (including phenoxy) is 2. The van der Waals surface area contributed by atoms with E-state index in [9.17, 15) is 9.59 Å². The number of anilines is 1. The van der Waals surface area contributed by atoms with Crippen LogP contribution in [-0.2, 0) is 18.3 Å². The van der Waals surface area contributed by atoms with E-state index in [1.54, 1.807) is 19.4 Å². The molecular weight excluding hydrogens is 584 g/mol. The van der Waals surface area contributed by atoms with Crippen LogP contribution < -0.4 is 15.8 Å². The molecule has 12 nitrogen and oxygen atoms in total. The van der Waals surface area contributed by atoms with Gasteiger partial charge in [-0.1, -0.05) is 0 Å². The van der Waals surface area contributed by atoms with Crippen molar-refractivity contribution < 1.29 is 19.1 Å². The molecule has 2 amide bonds. The Morgan fingerprint density at radius 1 is 1.04 bits per heavy atom. The van der Waals surface area contributed by atoms with E-state index in [4.69, 9.17) is 25.2 Å². The summed E-state index contributed by atoms with van der Waals surface area (Å²) in [6.07, 6.45) is 5.45. The Labute approximate surface area is 265 Å². The molecule has 0 radical (unpaired) electrons. The van der Waals surface area contributed by atoms with Gasteiger partial charge in [0, 0.05) is 54.9 Å². The minimum atomic E-state index is -0.584. The molecule has 12 heteroatoms. The molecule has 3 atom stereocenters. The molecule has 4 aromatic heterocycles. The van der Waals surface area contributed by atoms with E-state index in [0.29, 0.717) is 41.0 Å². The number of carbonyl (C=O) groups excluding carboxylic acids is 2. The number of benzene rings is 1. The fraction of sp³-hybridized carbons (Fsp3) is 0.382. The topological polar surface area (TPSA) is 142 Å². The Morgan fingerprint density at radius 2 is 1.89 bits per heavy atom. The number of nitrogens with two attached hydrogens (primary N) is 1. The summed E-state index contributed by atoms with van der Waals surface area (Å²) in [5, 5.41) is 3.62. The van der Waals surface area contributed by atoms with Crippen molar-refractivity contribution in [3.63, 3.8) is 0 Å². The van der Waals surface area contributed by atoms with Crippen molar-refractivity contribution >= 4 is 39.9 Å². The summed E-state index contributed by atoms with van der Waals surface area (Å²) in [6.45, 7) is 1.53. The summed E-state index contributed by atoms with van der Waals surface area (Å²) in [4.78, 5) is 41.9. The number of fused-ring (bicyclic) bond motifs is 4. The summed E-state index contributed by atoms with van der Waals surface area (Å²) >= 11 is 0. The second kappa shape index (κ2) is 10.8. The maximum atomic E-state index is 13.7. The first-order valence-corrected chi connectivity index (χ1v) is 15.8. The molecule has 8 rings (SSSR count). The molecule has 236 valence electrons. The summed E-state index contributed by atoms with van der Waals surface area (Å²) < 4.78 is 14.9. The zero-order chi connectivity index (χ0) is 31.7. The lowest BCUT2D eigenvalue weighted by atomic mass is 10.1. The number of nitrogens with one attached hydrogen (secondary N) is 1. The van der Waals surface area contributed by atoms with Crippen LogP contribution in [0.25, 0.3) is 44.8 Å². The number of imidazole rings is 1. The largest absolute Gasteiger partial charge is 0.494 e. The van der Waals surface area contributed by atoms with Crippen molar-refractivity contribution in [2.75, 3.05) is 26.1 Å². The van der Waals surface area contributed by atoms with Gasteiger partial charge in [0.2, 0.25) is 0 Å². The van der Waals surface area contributed by atoms with E-state index in [1.807, 2.05) is 40.8 Å². The molecule has 5 aromatic rings. The van der Waals surface area contributed by atoms with Gasteiger partial charge in [-0.15, -0.1) is 0 Å². The zero-order valence-electron chi connectivity index (χ0n) is 26.1. The zero-order valence-corrected chi connectivity index (χ0v) is 26.1. The highest BCUT2D eigenvalue weighted by molar-refractivity contribution is 6.00. The predicted molar refractivity (Wildman–Crippen MR) is 173 cm³/mol. The van der Waals surface area contributed by atoms with Crippen LogP contribution in [0.1, 0.15) is 36.0 Å². The average molecular weight is 621 g/mol. The first-order chi connectivity index (χ1) is 22.3. The number of rotatable bonds is 7. The number of likely N-dealkylation sites (tertiary alicyclic amines) is 1. The van der Waals surface area contributed by atoms with Crippen LogP contribution in [0.4, 0.5) is 10.6 Å². The molecule has 0 spiro atoms. The van der Waals surface area contributed by atoms with Crippen LogP contribution in [-0.4, -0.2) is 73.8 Å². The Hall–Kier alpha value is -4.97. The van der Waals surface area contributed by atoms with Gasteiger partial charge in [-0.05, 0) is 80.0 Å². The molecule has 5 heterocycles. The predicted octanol–water partition coefficient (Wildman–Crippen LogP) is 4.81. The van der Waals surface area contributed by atoms with Gasteiger partial charge in [0.25, 0.3) is 5.91 Å². The fourth-order valence-electron chi connectivity index (χ4n) is 7.30. The number of nitrogens with zero attached hydrogens (tertiary/aromatic N) is 6. The molecule has 3 fully saturated rings. The molecule has 1 aromatic carbocycles. The van der Waals surface area contributed by atoms with Gasteiger partial charge in [-0.3, -0.25) is 10.1 Å². The van der Waals surface area contributed by atoms with Crippen LogP contribution in [0.2, 0.25) is 0 Å². The molecule has 2 saturated carbocycles. The van der Waals surface area contributed by atoms with Gasteiger partial charge in [0.15, 0.2) is 5.82 Å². The number of aryl methyl sites for hydroxylation is 1. The van der Waals surface area contributed by atoms with E-state index in [1.165, 1.54) is 20.0 Å². The number of carbonyl (C=O) groups is 2. The monoisotopic (exact) mass is 620 g/mol. The lowest BCUT2D eigenvalue weighted by molar-refractivity contribution is 0.0700. The van der Waals surface area contributed by atoms with Crippen molar-refractivity contribution in [1.82, 2.24) is 29.0 Å². The highest BCUT2D eigenvalue weighted by Crippen LogP contribution is 2.40. The Morgan fingerprint density at radius 3 is 2.61 bits per heavy atom. The summed E-state index contributed by atoms with van der Waals surface area (Å²) in [5.41, 5.74) is 11.9. The van der Waals surface area contributed by atoms with Crippen LogP contribution >= 0.6 is 0 Å². The van der Waals surface area contributed by atoms with Crippen molar-refractivity contribution in [3.8, 4) is 28.5 Å². The maximum Gasteiger partial charge on any atom is 0.412 e. The third-order valence-electron chi connectivity index (χ3n) is 9.90. The first-order valence-electron chi connectivity index (χ1n) is 15.8. The molecule has 46 heavy (non-hydrogen) atoms. The second-order valence-electron chi connectivity index (χ2n) is 12.7. The molecular formula is C34H36N8O4. The summed E-state index contributed by atoms with van der Waals surface area (Å²) in [6, 6.07) is 13.7. The van der Waals surface area contributed by atoms with Gasteiger partial charge in [0.05, 0.1) is 31.1 Å². The Bertz CT molecular complexity index is 2030. The molecule has 3 aliphatic rings. The van der Waals surface area contributed by atoms with Crippen molar-refractivity contribution in [1.29, 1.82) is 0 Å². The molecule has 3 N–H and O–H groups in total. The number of aromatic nitrogens is 5. The lowest BCUT2D eigenvalue weighted by Crippen LogP contribution is -2.41. The van der Waals surface area contributed by atoms with Gasteiger partial charge in [-0.2, -0.15) is 0 Å². The fourth-order valence-corrected chi connectivity index (χ4v) is 7.30. The molecule has 0 unspecified atom stereocenters. The number of piperidine rings is 1. The van der Waals surface area contributed by atoms with Crippen molar-refractivity contribution in [2.24, 2.45) is 24.6 Å². The second-order valence-corrected chi connectivity index (χ2v) is 12.7. The van der Waals surface area contributed by atoms with E-state index in [0.717, 1.165) is 58.7 Å². The third-order valence-corrected chi connectivity index (χ3v) is 9.90. The van der Waals surface area contributed by atoms with Gasteiger partial charge < -0.3 is 29.2 Å². The molecule has 1 aliphatic heterocycles. The van der Waals surface area contributed by atoms with Crippen LogP contribution in [0, 0.1) is 11.8 Å². The third kappa shape index (κ3) is 4.66. The van der Waals surface area contributed by atoms with Crippen LogP contribution in [0.15, 0.2) is 48.7 Å². The van der Waals surface area contributed by atoms with Gasteiger partial charge in [-0.25, -0.2) is 19.7 Å². The number of hydrogen-bond donors (Lipinski definition) is 2. The molecule has 2 bridgehead atoms. The Balaban J connectivity index is 1.21. The van der Waals surface area contributed by atoms with E-state index in [-0.39, 0.29) is 18.0 Å². The van der Waals surface area contributed by atoms with Gasteiger partial charge in [0.1, 0.15) is 22.7 Å². The number of amides is 2. The minimum Gasteiger partial charge on any atom is -0.494 e. The van der Waals surface area contributed by atoms with E-state index >= 15 is 0 Å². The smallest absolute Gasteiger partial charge is 0.412 e. The highest BCUT2D eigenvalue weighted by atomic mass is 16.5. The van der Waals surface area contributed by atoms with Crippen LogP contribution in [0.5, 0.6) is 5.75 Å². The standard InChI is InChI=1S/C34H36N8O4/c1-40-30-24(12-22(14-27(30)45-2)33(43)42-17-21-7-9-25(42)29(21)35)38-32(40)26-13-20-6-8-23(37-31(20)41(26)16-18-4-5-18)19-10-11-36-28(15-19)39-34(44)46-3/h6,8,10-15,18,21,25,29H,4-5,7,9,16-17,35H2,1-3H3,(H,36,39,44)/t21-,25-,29-/m1/s1. The quantitative estimate of drug-likeness (QED) is 0.264. The Kier molecular flexibility index (Phi) is 6.71. The number of pyridine rings is 2. The SMILES string of the molecule is COC(=O)Nc1cc(-c2ccc3cc(-c4nc5cc(C(=O)N6C[C@H]7CC[C@@H]6[C@@H]7N)cc(OC)c5n4C)n(CC4CC4)c3n2)ccn1. The first kappa shape index (κ1) is 28.5.